The number of aliphatic hydroxyl groups is 1. The number of rotatable bonds is 3. The number of aliphatic hydroxyl groups excluding tert-OH is 1. The van der Waals surface area contributed by atoms with Crippen molar-refractivity contribution in [1.29, 1.82) is 0 Å². The number of nitrogens with zero attached hydrogens (tertiary/aromatic N) is 3. The Morgan fingerprint density at radius 1 is 1.56 bits per heavy atom. The van der Waals surface area contributed by atoms with Crippen LogP contribution in [0.4, 0.5) is 0 Å². The van der Waals surface area contributed by atoms with Gasteiger partial charge in [0.25, 0.3) is 5.89 Å². The SMILES string of the molecule is CC(C)N1CCOC(c2noc(CO)n2)C1. The number of hydrogen-bond donors (Lipinski definition) is 1. The summed E-state index contributed by atoms with van der Waals surface area (Å²) in [5.74, 6) is 0.759. The highest BCUT2D eigenvalue weighted by molar-refractivity contribution is 4.93. The van der Waals surface area contributed by atoms with Crippen LogP contribution >= 0.6 is 0 Å². The molecule has 90 valence electrons. The van der Waals surface area contributed by atoms with Gasteiger partial charge < -0.3 is 14.4 Å². The van der Waals surface area contributed by atoms with Crippen molar-refractivity contribution < 1.29 is 14.4 Å². The molecule has 0 aliphatic carbocycles. The molecule has 1 aromatic heterocycles. The second-order valence-electron chi connectivity index (χ2n) is 4.15. The molecule has 1 fully saturated rings. The van der Waals surface area contributed by atoms with E-state index in [1.54, 1.807) is 0 Å². The van der Waals surface area contributed by atoms with Gasteiger partial charge in [0.2, 0.25) is 5.82 Å². The van der Waals surface area contributed by atoms with Crippen LogP contribution < -0.4 is 0 Å². The molecule has 0 spiro atoms. The Labute approximate surface area is 94.2 Å². The maximum Gasteiger partial charge on any atom is 0.252 e. The molecule has 16 heavy (non-hydrogen) atoms. The van der Waals surface area contributed by atoms with E-state index in [4.69, 9.17) is 14.4 Å². The van der Waals surface area contributed by atoms with Crippen LogP contribution in [0.3, 0.4) is 0 Å². The number of ether oxygens (including phenoxy) is 1. The summed E-state index contributed by atoms with van der Waals surface area (Å²) in [6, 6.07) is 0.482. The molecule has 1 N–H and O–H groups in total. The Morgan fingerprint density at radius 2 is 2.38 bits per heavy atom. The Kier molecular flexibility index (Phi) is 3.52. The summed E-state index contributed by atoms with van der Waals surface area (Å²) in [4.78, 5) is 6.38. The molecule has 1 saturated heterocycles. The van der Waals surface area contributed by atoms with Crippen molar-refractivity contribution in [3.63, 3.8) is 0 Å². The highest BCUT2D eigenvalue weighted by Gasteiger charge is 2.27. The molecule has 0 radical (unpaired) electrons. The van der Waals surface area contributed by atoms with Crippen LogP contribution in [0.1, 0.15) is 31.7 Å². The zero-order valence-electron chi connectivity index (χ0n) is 9.59. The van der Waals surface area contributed by atoms with Gasteiger partial charge in [0.05, 0.1) is 6.61 Å². The first-order valence-electron chi connectivity index (χ1n) is 5.49. The molecule has 2 heterocycles. The van der Waals surface area contributed by atoms with Crippen molar-refractivity contribution in [3.05, 3.63) is 11.7 Å². The van der Waals surface area contributed by atoms with E-state index in [0.717, 1.165) is 13.1 Å². The number of hydrogen-bond acceptors (Lipinski definition) is 6. The van der Waals surface area contributed by atoms with Crippen molar-refractivity contribution in [2.75, 3.05) is 19.7 Å². The second kappa shape index (κ2) is 4.90. The summed E-state index contributed by atoms with van der Waals surface area (Å²) < 4.78 is 10.4. The fourth-order valence-electron chi connectivity index (χ4n) is 1.76. The molecule has 6 heteroatoms. The maximum absolute atomic E-state index is 8.84. The maximum atomic E-state index is 8.84. The Bertz CT molecular complexity index is 340. The molecule has 6 nitrogen and oxygen atoms in total. The fourth-order valence-corrected chi connectivity index (χ4v) is 1.76. The molecule has 1 aliphatic heterocycles. The van der Waals surface area contributed by atoms with Gasteiger partial charge in [0.15, 0.2) is 0 Å². The van der Waals surface area contributed by atoms with Crippen LogP contribution in [0, 0.1) is 0 Å². The van der Waals surface area contributed by atoms with Gasteiger partial charge in [-0.1, -0.05) is 5.16 Å². The molecule has 0 amide bonds. The summed E-state index contributed by atoms with van der Waals surface area (Å²) in [6.07, 6.45) is -0.153. The van der Waals surface area contributed by atoms with Crippen molar-refractivity contribution in [3.8, 4) is 0 Å². The zero-order chi connectivity index (χ0) is 11.5. The van der Waals surface area contributed by atoms with Crippen molar-refractivity contribution in [2.24, 2.45) is 0 Å². The van der Waals surface area contributed by atoms with Crippen LogP contribution in [0.15, 0.2) is 4.52 Å². The highest BCUT2D eigenvalue weighted by Crippen LogP contribution is 2.20. The van der Waals surface area contributed by atoms with E-state index in [1.165, 1.54) is 0 Å². The first-order valence-corrected chi connectivity index (χ1v) is 5.49. The van der Waals surface area contributed by atoms with Gasteiger partial charge in [-0.3, -0.25) is 4.90 Å². The molecule has 1 atom stereocenters. The van der Waals surface area contributed by atoms with Crippen LogP contribution in [-0.2, 0) is 11.3 Å². The van der Waals surface area contributed by atoms with E-state index in [1.807, 2.05) is 0 Å². The molecule has 0 aromatic carbocycles. The van der Waals surface area contributed by atoms with Crippen molar-refractivity contribution in [1.82, 2.24) is 15.0 Å². The smallest absolute Gasteiger partial charge is 0.252 e. The third kappa shape index (κ3) is 2.40. The predicted molar refractivity (Wildman–Crippen MR) is 55.6 cm³/mol. The third-order valence-electron chi connectivity index (χ3n) is 2.74. The van der Waals surface area contributed by atoms with Gasteiger partial charge in [-0.15, -0.1) is 0 Å². The van der Waals surface area contributed by atoms with E-state index in [9.17, 15) is 0 Å². The minimum Gasteiger partial charge on any atom is -0.387 e. The molecule has 0 saturated carbocycles. The first kappa shape index (κ1) is 11.5. The van der Waals surface area contributed by atoms with E-state index in [2.05, 4.69) is 28.9 Å². The standard InChI is InChI=1S/C10H17N3O3/c1-7(2)13-3-4-15-8(5-13)10-11-9(6-14)16-12-10/h7-8,14H,3-6H2,1-2H3. The van der Waals surface area contributed by atoms with Crippen molar-refractivity contribution >= 4 is 0 Å². The lowest BCUT2D eigenvalue weighted by Crippen LogP contribution is -2.42. The second-order valence-corrected chi connectivity index (χ2v) is 4.15. The van der Waals surface area contributed by atoms with Gasteiger partial charge >= 0.3 is 0 Å². The quantitative estimate of drug-likeness (QED) is 0.803. The summed E-state index contributed by atoms with van der Waals surface area (Å²) in [7, 11) is 0. The summed E-state index contributed by atoms with van der Waals surface area (Å²) in [6.45, 7) is 6.44. The molecule has 0 bridgehead atoms. The van der Waals surface area contributed by atoms with Gasteiger partial charge in [0.1, 0.15) is 12.7 Å². The van der Waals surface area contributed by atoms with E-state index in [0.29, 0.717) is 18.5 Å². The summed E-state index contributed by atoms with van der Waals surface area (Å²) in [5.41, 5.74) is 0. The number of morpholine rings is 1. The third-order valence-corrected chi connectivity index (χ3v) is 2.74. The summed E-state index contributed by atoms with van der Waals surface area (Å²) in [5, 5.41) is 12.6. The van der Waals surface area contributed by atoms with Crippen LogP contribution in [0.2, 0.25) is 0 Å². The molecular weight excluding hydrogens is 210 g/mol. The van der Waals surface area contributed by atoms with Gasteiger partial charge in [-0.05, 0) is 13.8 Å². The minimum atomic E-state index is -0.229. The number of aromatic nitrogens is 2. The zero-order valence-corrected chi connectivity index (χ0v) is 9.59. The summed E-state index contributed by atoms with van der Waals surface area (Å²) >= 11 is 0. The van der Waals surface area contributed by atoms with E-state index >= 15 is 0 Å². The van der Waals surface area contributed by atoms with Gasteiger partial charge in [0, 0.05) is 19.1 Å². The molecule has 1 unspecified atom stereocenters. The highest BCUT2D eigenvalue weighted by atomic mass is 16.5. The van der Waals surface area contributed by atoms with Crippen LogP contribution in [0.5, 0.6) is 0 Å². The van der Waals surface area contributed by atoms with E-state index in [-0.39, 0.29) is 18.6 Å². The lowest BCUT2D eigenvalue weighted by Gasteiger charge is -2.34. The average Bonchev–Trinajstić information content (AvgIpc) is 2.77. The molecule has 1 aliphatic rings. The molecular formula is C10H17N3O3. The average molecular weight is 227 g/mol. The van der Waals surface area contributed by atoms with E-state index < -0.39 is 0 Å². The van der Waals surface area contributed by atoms with Crippen LogP contribution in [-0.4, -0.2) is 45.9 Å². The normalized spacial score (nSPS) is 22.9. The topological polar surface area (TPSA) is 71.6 Å². The lowest BCUT2D eigenvalue weighted by atomic mass is 10.2. The predicted octanol–water partition coefficient (Wildman–Crippen LogP) is 0.344. The largest absolute Gasteiger partial charge is 0.387 e. The fraction of sp³-hybridized carbons (Fsp3) is 0.800. The Hall–Kier alpha value is -0.980. The Morgan fingerprint density at radius 3 is 3.00 bits per heavy atom. The van der Waals surface area contributed by atoms with Crippen LogP contribution in [0.25, 0.3) is 0 Å². The lowest BCUT2D eigenvalue weighted by molar-refractivity contribution is -0.0450. The first-order chi connectivity index (χ1) is 7.70. The van der Waals surface area contributed by atoms with Gasteiger partial charge in [-0.2, -0.15) is 4.98 Å². The molecule has 2 rings (SSSR count). The van der Waals surface area contributed by atoms with Crippen molar-refractivity contribution in [2.45, 2.75) is 32.6 Å². The monoisotopic (exact) mass is 227 g/mol. The minimum absolute atomic E-state index is 0.153. The Balaban J connectivity index is 2.03. The van der Waals surface area contributed by atoms with Gasteiger partial charge in [-0.25, -0.2) is 0 Å². The molecule has 1 aromatic rings.